The van der Waals surface area contributed by atoms with E-state index in [1.54, 1.807) is 6.92 Å². The van der Waals surface area contributed by atoms with Crippen LogP contribution in [0.4, 0.5) is 0 Å². The van der Waals surface area contributed by atoms with E-state index in [2.05, 4.69) is 13.0 Å². The molecular formula is C30H44O3. The van der Waals surface area contributed by atoms with Crippen molar-refractivity contribution < 1.29 is 14.3 Å². The number of Topliss-reactive ketones (excluding diaryl/α,β-unsaturated/α-hetero) is 1. The van der Waals surface area contributed by atoms with Gasteiger partial charge in [0.15, 0.2) is 0 Å². The fourth-order valence-electron chi connectivity index (χ4n) is 4.40. The van der Waals surface area contributed by atoms with E-state index in [0.29, 0.717) is 12.0 Å². The first kappa shape index (κ1) is 27.1. The van der Waals surface area contributed by atoms with E-state index in [9.17, 15) is 9.59 Å². The molecule has 3 nitrogen and oxygen atoms in total. The molecule has 2 aromatic carbocycles. The second kappa shape index (κ2) is 16.5. The summed E-state index contributed by atoms with van der Waals surface area (Å²) in [6, 6.07) is 13.9. The van der Waals surface area contributed by atoms with Crippen molar-refractivity contribution in [3.8, 4) is 0 Å². The van der Waals surface area contributed by atoms with E-state index in [1.807, 2.05) is 36.4 Å². The number of hydrogen-bond acceptors (Lipinski definition) is 3. The number of rotatable bonds is 18. The van der Waals surface area contributed by atoms with Crippen molar-refractivity contribution in [2.75, 3.05) is 0 Å². The third-order valence-electron chi connectivity index (χ3n) is 6.44. The van der Waals surface area contributed by atoms with Gasteiger partial charge in [0.2, 0.25) is 0 Å². The summed E-state index contributed by atoms with van der Waals surface area (Å²) in [5.41, 5.74) is 0.641. The highest BCUT2D eigenvalue weighted by Gasteiger charge is 2.16. The number of ketones is 1. The summed E-state index contributed by atoms with van der Waals surface area (Å²) in [5, 5.41) is 2.21. The summed E-state index contributed by atoms with van der Waals surface area (Å²) in [5.74, 6) is 0.0838. The van der Waals surface area contributed by atoms with Crippen molar-refractivity contribution in [1.29, 1.82) is 0 Å². The van der Waals surface area contributed by atoms with Crippen LogP contribution in [0.5, 0.6) is 0 Å². The Bertz CT molecular complexity index is 826. The molecule has 33 heavy (non-hydrogen) atoms. The summed E-state index contributed by atoms with van der Waals surface area (Å²) < 4.78 is 6.01. The first-order valence-electron chi connectivity index (χ1n) is 13.3. The molecule has 0 saturated heterocycles. The largest absolute Gasteiger partial charge is 0.459 e. The van der Waals surface area contributed by atoms with Gasteiger partial charge in [0.05, 0.1) is 5.56 Å². The highest BCUT2D eigenvalue weighted by Crippen LogP contribution is 2.21. The van der Waals surface area contributed by atoms with Crippen LogP contribution >= 0.6 is 0 Å². The Kier molecular flexibility index (Phi) is 13.5. The molecule has 0 bridgehead atoms. The second-order valence-electron chi connectivity index (χ2n) is 9.51. The van der Waals surface area contributed by atoms with Gasteiger partial charge in [-0.2, -0.15) is 0 Å². The summed E-state index contributed by atoms with van der Waals surface area (Å²) in [6.07, 6.45) is 16.9. The van der Waals surface area contributed by atoms with Crippen molar-refractivity contribution in [1.82, 2.24) is 0 Å². The van der Waals surface area contributed by atoms with Gasteiger partial charge in [0.25, 0.3) is 0 Å². The maximum atomic E-state index is 12.9. The number of hydrogen-bond donors (Lipinski definition) is 0. The zero-order valence-corrected chi connectivity index (χ0v) is 21.0. The van der Waals surface area contributed by atoms with Gasteiger partial charge in [-0.1, -0.05) is 95.0 Å². The van der Waals surface area contributed by atoms with Gasteiger partial charge < -0.3 is 9.53 Å². The monoisotopic (exact) mass is 452 g/mol. The molecule has 0 N–H and O–H groups in total. The Morgan fingerprint density at radius 2 is 1.30 bits per heavy atom. The van der Waals surface area contributed by atoms with Gasteiger partial charge >= 0.3 is 5.97 Å². The van der Waals surface area contributed by atoms with Crippen molar-refractivity contribution >= 4 is 22.5 Å². The van der Waals surface area contributed by atoms with E-state index in [1.165, 1.54) is 38.5 Å². The Morgan fingerprint density at radius 3 is 1.94 bits per heavy atom. The lowest BCUT2D eigenvalue weighted by Gasteiger charge is -2.18. The molecule has 0 unspecified atom stereocenters. The molecule has 3 heteroatoms. The molecule has 0 fully saturated rings. The van der Waals surface area contributed by atoms with E-state index >= 15 is 0 Å². The van der Waals surface area contributed by atoms with Crippen LogP contribution in [0.3, 0.4) is 0 Å². The van der Waals surface area contributed by atoms with E-state index in [4.69, 9.17) is 4.74 Å². The van der Waals surface area contributed by atoms with Crippen molar-refractivity contribution in [3.63, 3.8) is 0 Å². The van der Waals surface area contributed by atoms with Gasteiger partial charge in [0, 0.05) is 6.42 Å². The first-order chi connectivity index (χ1) is 16.1. The molecule has 0 aliphatic heterocycles. The second-order valence-corrected chi connectivity index (χ2v) is 9.51. The number of benzene rings is 2. The molecule has 182 valence electrons. The predicted molar refractivity (Wildman–Crippen MR) is 139 cm³/mol. The van der Waals surface area contributed by atoms with Crippen LogP contribution in [0.2, 0.25) is 0 Å². The molecule has 0 aromatic heterocycles. The summed E-state index contributed by atoms with van der Waals surface area (Å²) in [4.78, 5) is 24.0. The highest BCUT2D eigenvalue weighted by molar-refractivity contribution is 5.95. The lowest BCUT2D eigenvalue weighted by Crippen LogP contribution is -2.18. The minimum absolute atomic E-state index is 0.00293. The molecule has 0 spiro atoms. The average Bonchev–Trinajstić information content (AvgIpc) is 2.82. The van der Waals surface area contributed by atoms with Crippen molar-refractivity contribution in [3.05, 3.63) is 48.0 Å². The maximum absolute atomic E-state index is 12.9. The summed E-state index contributed by atoms with van der Waals surface area (Å²) >= 11 is 0. The van der Waals surface area contributed by atoms with E-state index in [0.717, 1.165) is 62.1 Å². The highest BCUT2D eigenvalue weighted by atomic mass is 16.5. The average molecular weight is 453 g/mol. The first-order valence-corrected chi connectivity index (χ1v) is 13.3. The van der Waals surface area contributed by atoms with Gasteiger partial charge in [-0.15, -0.1) is 0 Å². The zero-order chi connectivity index (χ0) is 23.7. The molecule has 0 aliphatic carbocycles. The van der Waals surface area contributed by atoms with Crippen LogP contribution in [0.15, 0.2) is 42.5 Å². The molecule has 2 rings (SSSR count). The van der Waals surface area contributed by atoms with Crippen molar-refractivity contribution in [2.24, 2.45) is 0 Å². The molecule has 0 saturated carbocycles. The molecule has 2 aromatic rings. The summed E-state index contributed by atoms with van der Waals surface area (Å²) in [6.45, 7) is 3.91. The number of carbonyl (C=O) groups is 2. The van der Waals surface area contributed by atoms with Crippen LogP contribution in [0.25, 0.3) is 10.8 Å². The zero-order valence-electron chi connectivity index (χ0n) is 21.0. The minimum atomic E-state index is -0.199. The standard InChI is InChI=1S/C30H44O3/c1-3-4-5-6-7-10-13-20-29(21-14-11-8-9-12-17-25(2)31)33-30(32)28-23-22-26-18-15-16-19-27(26)24-28/h15-16,18-19,22-24,29H,3-14,17,20-21H2,1-2H3/t29-/m1/s1. The number of fused-ring (bicyclic) bond motifs is 1. The minimum Gasteiger partial charge on any atom is -0.459 e. The number of unbranched alkanes of at least 4 members (excludes halogenated alkanes) is 10. The van der Waals surface area contributed by atoms with Crippen LogP contribution in [0.1, 0.15) is 121 Å². The van der Waals surface area contributed by atoms with E-state index in [-0.39, 0.29) is 17.9 Å². The molecular weight excluding hydrogens is 408 g/mol. The number of carbonyl (C=O) groups excluding carboxylic acids is 2. The SMILES string of the molecule is CCCCCCCCC[C@H](CCCCCCCC(C)=O)OC(=O)c1ccc2ccccc2c1. The van der Waals surface area contributed by atoms with Crippen LogP contribution < -0.4 is 0 Å². The van der Waals surface area contributed by atoms with E-state index < -0.39 is 0 Å². The fourth-order valence-corrected chi connectivity index (χ4v) is 4.40. The van der Waals surface area contributed by atoms with Crippen LogP contribution in [-0.4, -0.2) is 17.9 Å². The Morgan fingerprint density at radius 1 is 0.727 bits per heavy atom. The van der Waals surface area contributed by atoms with Gasteiger partial charge in [-0.25, -0.2) is 4.79 Å². The van der Waals surface area contributed by atoms with Crippen molar-refractivity contribution in [2.45, 2.75) is 116 Å². The number of esters is 1. The molecule has 0 radical (unpaired) electrons. The molecule has 0 heterocycles. The molecule has 0 amide bonds. The predicted octanol–water partition coefficient (Wildman–Crippen LogP) is 8.83. The Balaban J connectivity index is 1.81. The van der Waals surface area contributed by atoms with Gasteiger partial charge in [-0.05, 0) is 61.9 Å². The third-order valence-corrected chi connectivity index (χ3v) is 6.44. The fraction of sp³-hybridized carbons (Fsp3) is 0.600. The van der Waals surface area contributed by atoms with Gasteiger partial charge in [-0.3, -0.25) is 0 Å². The Hall–Kier alpha value is -2.16. The lowest BCUT2D eigenvalue weighted by atomic mass is 10.0. The van der Waals surface area contributed by atoms with Crippen LogP contribution in [0, 0.1) is 0 Å². The number of ether oxygens (including phenoxy) is 1. The molecule has 1 atom stereocenters. The quantitative estimate of drug-likeness (QED) is 0.168. The third kappa shape index (κ3) is 11.5. The van der Waals surface area contributed by atoms with Crippen LogP contribution in [-0.2, 0) is 9.53 Å². The normalized spacial score (nSPS) is 12.1. The topological polar surface area (TPSA) is 43.4 Å². The van der Waals surface area contributed by atoms with Gasteiger partial charge in [0.1, 0.15) is 11.9 Å². The maximum Gasteiger partial charge on any atom is 0.338 e. The summed E-state index contributed by atoms with van der Waals surface area (Å²) in [7, 11) is 0. The lowest BCUT2D eigenvalue weighted by molar-refractivity contribution is -0.117. The molecule has 0 aliphatic rings. The Labute approximate surface area is 201 Å². The smallest absolute Gasteiger partial charge is 0.338 e.